The van der Waals surface area contributed by atoms with Crippen LogP contribution >= 0.6 is 11.6 Å². The zero-order chi connectivity index (χ0) is 14.7. The highest BCUT2D eigenvalue weighted by atomic mass is 35.5. The third-order valence-corrected chi connectivity index (χ3v) is 3.32. The number of anilines is 1. The molecule has 0 aliphatic carbocycles. The molecule has 0 aliphatic rings. The van der Waals surface area contributed by atoms with Gasteiger partial charge in [0.1, 0.15) is 5.82 Å². The summed E-state index contributed by atoms with van der Waals surface area (Å²) >= 11 is 5.91. The average molecular weight is 304 g/mol. The molecule has 0 unspecified atom stereocenters. The molecular formula is C14H14ClN5O. The van der Waals surface area contributed by atoms with E-state index in [-0.39, 0.29) is 5.28 Å². The molecule has 108 valence electrons. The van der Waals surface area contributed by atoms with Crippen LogP contribution in [0.5, 0.6) is 0 Å². The number of rotatable bonds is 5. The lowest BCUT2D eigenvalue weighted by Gasteiger charge is -2.11. The predicted octanol–water partition coefficient (Wildman–Crippen LogP) is 2.76. The van der Waals surface area contributed by atoms with E-state index >= 15 is 0 Å². The molecule has 0 amide bonds. The molecule has 21 heavy (non-hydrogen) atoms. The second-order valence-electron chi connectivity index (χ2n) is 4.53. The standard InChI is InChI=1S/C14H14ClN5O/c1-21-8-10-5-3-2-4-9(10)6-16-12-11-7-17-20-13(11)19-14(15)18-12/h2-5,7H,6,8H2,1H3,(H2,16,17,18,19,20). The normalized spacial score (nSPS) is 11.0. The summed E-state index contributed by atoms with van der Waals surface area (Å²) < 4.78 is 5.21. The molecule has 2 aromatic heterocycles. The highest BCUT2D eigenvalue weighted by Gasteiger charge is 2.09. The van der Waals surface area contributed by atoms with Crippen molar-refractivity contribution in [2.24, 2.45) is 0 Å². The number of aromatic amines is 1. The number of ether oxygens (including phenoxy) is 1. The minimum absolute atomic E-state index is 0.180. The number of hydrogen-bond acceptors (Lipinski definition) is 5. The molecule has 0 fully saturated rings. The van der Waals surface area contributed by atoms with Crippen LogP contribution in [0.4, 0.5) is 5.82 Å². The van der Waals surface area contributed by atoms with Crippen LogP contribution in [0.1, 0.15) is 11.1 Å². The fraction of sp³-hybridized carbons (Fsp3) is 0.214. The molecule has 0 bridgehead atoms. The molecule has 3 rings (SSSR count). The van der Waals surface area contributed by atoms with Crippen molar-refractivity contribution in [3.05, 3.63) is 46.9 Å². The van der Waals surface area contributed by atoms with Crippen molar-refractivity contribution in [3.8, 4) is 0 Å². The second-order valence-corrected chi connectivity index (χ2v) is 4.87. The van der Waals surface area contributed by atoms with Gasteiger partial charge in [0.05, 0.1) is 18.2 Å². The van der Waals surface area contributed by atoms with Gasteiger partial charge in [0.15, 0.2) is 5.65 Å². The number of aromatic nitrogens is 4. The van der Waals surface area contributed by atoms with Gasteiger partial charge >= 0.3 is 0 Å². The maximum Gasteiger partial charge on any atom is 0.226 e. The molecule has 6 nitrogen and oxygen atoms in total. The average Bonchev–Trinajstić information content (AvgIpc) is 2.94. The van der Waals surface area contributed by atoms with Crippen LogP contribution < -0.4 is 5.32 Å². The van der Waals surface area contributed by atoms with Crippen molar-refractivity contribution < 1.29 is 4.74 Å². The van der Waals surface area contributed by atoms with Gasteiger partial charge in [-0.3, -0.25) is 5.10 Å². The molecule has 0 saturated heterocycles. The van der Waals surface area contributed by atoms with Crippen molar-refractivity contribution >= 4 is 28.5 Å². The van der Waals surface area contributed by atoms with E-state index in [0.717, 1.165) is 16.5 Å². The molecule has 0 atom stereocenters. The van der Waals surface area contributed by atoms with E-state index in [4.69, 9.17) is 16.3 Å². The molecule has 0 aliphatic heterocycles. The van der Waals surface area contributed by atoms with Gasteiger partial charge in [-0.2, -0.15) is 15.1 Å². The zero-order valence-electron chi connectivity index (χ0n) is 11.4. The summed E-state index contributed by atoms with van der Waals surface area (Å²) in [6.45, 7) is 1.19. The minimum atomic E-state index is 0.180. The van der Waals surface area contributed by atoms with Gasteiger partial charge in [-0.1, -0.05) is 24.3 Å². The van der Waals surface area contributed by atoms with Gasteiger partial charge in [-0.25, -0.2) is 0 Å². The minimum Gasteiger partial charge on any atom is -0.380 e. The van der Waals surface area contributed by atoms with Gasteiger partial charge in [0.25, 0.3) is 0 Å². The molecule has 0 saturated carbocycles. The van der Waals surface area contributed by atoms with Crippen LogP contribution in [-0.2, 0) is 17.9 Å². The summed E-state index contributed by atoms with van der Waals surface area (Å²) in [5, 5.41) is 11.0. The molecule has 0 radical (unpaired) electrons. The predicted molar refractivity (Wildman–Crippen MR) is 81.2 cm³/mol. The van der Waals surface area contributed by atoms with Crippen LogP contribution in [0, 0.1) is 0 Å². The monoisotopic (exact) mass is 303 g/mol. The summed E-state index contributed by atoms with van der Waals surface area (Å²) in [6, 6.07) is 8.09. The molecular weight excluding hydrogens is 290 g/mol. The molecule has 3 aromatic rings. The number of benzene rings is 1. The van der Waals surface area contributed by atoms with Crippen LogP contribution in [0.2, 0.25) is 5.28 Å². The maximum atomic E-state index is 5.91. The van der Waals surface area contributed by atoms with Crippen LogP contribution in [0.15, 0.2) is 30.5 Å². The quantitative estimate of drug-likeness (QED) is 0.709. The second kappa shape index (κ2) is 6.07. The first-order valence-corrected chi connectivity index (χ1v) is 6.82. The number of hydrogen-bond donors (Lipinski definition) is 2. The van der Waals surface area contributed by atoms with Crippen molar-refractivity contribution in [2.45, 2.75) is 13.2 Å². The number of nitrogens with one attached hydrogen (secondary N) is 2. The Morgan fingerprint density at radius 1 is 1.24 bits per heavy atom. The van der Waals surface area contributed by atoms with Gasteiger partial charge in [0, 0.05) is 13.7 Å². The Hall–Kier alpha value is -2.18. The number of halogens is 1. The Morgan fingerprint density at radius 3 is 2.86 bits per heavy atom. The Kier molecular flexibility index (Phi) is 3.98. The number of methoxy groups -OCH3 is 1. The highest BCUT2D eigenvalue weighted by molar-refractivity contribution is 6.28. The molecule has 7 heteroatoms. The lowest BCUT2D eigenvalue weighted by atomic mass is 10.1. The van der Waals surface area contributed by atoms with E-state index in [0.29, 0.717) is 24.6 Å². The van der Waals surface area contributed by atoms with E-state index in [1.54, 1.807) is 13.3 Å². The maximum absolute atomic E-state index is 5.91. The molecule has 1 aromatic carbocycles. The third-order valence-electron chi connectivity index (χ3n) is 3.15. The highest BCUT2D eigenvalue weighted by Crippen LogP contribution is 2.21. The summed E-state index contributed by atoms with van der Waals surface area (Å²) in [5.41, 5.74) is 2.89. The summed E-state index contributed by atoms with van der Waals surface area (Å²) in [7, 11) is 1.68. The van der Waals surface area contributed by atoms with Crippen molar-refractivity contribution in [3.63, 3.8) is 0 Å². The molecule has 0 spiro atoms. The van der Waals surface area contributed by atoms with Crippen LogP contribution in [-0.4, -0.2) is 27.3 Å². The lowest BCUT2D eigenvalue weighted by Crippen LogP contribution is -2.05. The molecule has 2 heterocycles. The van der Waals surface area contributed by atoms with Crippen molar-refractivity contribution in [1.82, 2.24) is 20.2 Å². The Balaban J connectivity index is 1.85. The van der Waals surface area contributed by atoms with E-state index in [9.17, 15) is 0 Å². The van der Waals surface area contributed by atoms with E-state index in [1.807, 2.05) is 18.2 Å². The summed E-state index contributed by atoms with van der Waals surface area (Å²) in [4.78, 5) is 8.29. The number of H-pyrrole nitrogens is 1. The van der Waals surface area contributed by atoms with Crippen LogP contribution in [0.25, 0.3) is 11.0 Å². The Labute approximate surface area is 126 Å². The van der Waals surface area contributed by atoms with Gasteiger partial charge < -0.3 is 10.1 Å². The van der Waals surface area contributed by atoms with Gasteiger partial charge in [0.2, 0.25) is 5.28 Å². The van der Waals surface area contributed by atoms with Crippen molar-refractivity contribution in [1.29, 1.82) is 0 Å². The topological polar surface area (TPSA) is 75.7 Å². The summed E-state index contributed by atoms with van der Waals surface area (Å²) in [6.07, 6.45) is 1.68. The summed E-state index contributed by atoms with van der Waals surface area (Å²) in [5.74, 6) is 0.658. The van der Waals surface area contributed by atoms with Crippen molar-refractivity contribution in [2.75, 3.05) is 12.4 Å². The van der Waals surface area contributed by atoms with E-state index in [1.165, 1.54) is 0 Å². The van der Waals surface area contributed by atoms with Gasteiger partial charge in [-0.15, -0.1) is 0 Å². The smallest absolute Gasteiger partial charge is 0.226 e. The van der Waals surface area contributed by atoms with E-state index in [2.05, 4.69) is 31.5 Å². The Bertz CT molecular complexity index is 758. The number of fused-ring (bicyclic) bond motifs is 1. The number of nitrogens with zero attached hydrogens (tertiary/aromatic N) is 3. The largest absolute Gasteiger partial charge is 0.380 e. The first kappa shape index (κ1) is 13.8. The van der Waals surface area contributed by atoms with Gasteiger partial charge in [-0.05, 0) is 22.7 Å². The fourth-order valence-electron chi connectivity index (χ4n) is 2.15. The lowest BCUT2D eigenvalue weighted by molar-refractivity contribution is 0.184. The first-order valence-electron chi connectivity index (χ1n) is 6.44. The first-order chi connectivity index (χ1) is 10.3. The third kappa shape index (κ3) is 2.96. The zero-order valence-corrected chi connectivity index (χ0v) is 12.2. The van der Waals surface area contributed by atoms with E-state index < -0.39 is 0 Å². The molecule has 2 N–H and O–H groups in total. The van der Waals surface area contributed by atoms with Crippen LogP contribution in [0.3, 0.4) is 0 Å². The Morgan fingerprint density at radius 2 is 2.05 bits per heavy atom. The SMILES string of the molecule is COCc1ccccc1CNc1nc(Cl)nc2[nH]ncc12. The fourth-order valence-corrected chi connectivity index (χ4v) is 2.32.